The van der Waals surface area contributed by atoms with Crippen molar-refractivity contribution >= 4 is 11.9 Å². The first-order chi connectivity index (χ1) is 18.7. The number of carbonyl (C=O) groups excluding carboxylic acids is 2. The highest BCUT2D eigenvalue weighted by atomic mass is 16.6. The van der Waals surface area contributed by atoms with Crippen molar-refractivity contribution in [1.29, 1.82) is 0 Å². The average Bonchev–Trinajstić information content (AvgIpc) is 2.91. The van der Waals surface area contributed by atoms with E-state index in [1.165, 1.54) is 38.5 Å². The molecule has 0 rings (SSSR count). The minimum Gasteiger partial charge on any atom is -0.463 e. The van der Waals surface area contributed by atoms with Gasteiger partial charge in [-0.15, -0.1) is 0 Å². The summed E-state index contributed by atoms with van der Waals surface area (Å²) in [5.74, 6) is -0.329. The molecule has 0 spiro atoms. The lowest BCUT2D eigenvalue weighted by Gasteiger charge is -2.07. The van der Waals surface area contributed by atoms with Crippen LogP contribution in [0.5, 0.6) is 0 Å². The Labute approximate surface area is 232 Å². The van der Waals surface area contributed by atoms with E-state index < -0.39 is 0 Å². The van der Waals surface area contributed by atoms with E-state index in [1.807, 2.05) is 0 Å². The minimum absolute atomic E-state index is 0.164. The molecule has 0 bridgehead atoms. The van der Waals surface area contributed by atoms with Crippen LogP contribution in [-0.2, 0) is 38.0 Å². The van der Waals surface area contributed by atoms with Crippen molar-refractivity contribution in [3.63, 3.8) is 0 Å². The Balaban J connectivity index is 3.25. The summed E-state index contributed by atoms with van der Waals surface area (Å²) in [7, 11) is 0. The number of hydrogen-bond acceptors (Lipinski definition) is 8. The molecular formula is C30H58O8. The van der Waals surface area contributed by atoms with Crippen molar-refractivity contribution < 1.29 is 38.0 Å². The van der Waals surface area contributed by atoms with Crippen LogP contribution in [0.3, 0.4) is 0 Å². The van der Waals surface area contributed by atoms with Crippen LogP contribution in [0, 0.1) is 0 Å². The first kappa shape index (κ1) is 36.8. The van der Waals surface area contributed by atoms with Crippen LogP contribution in [-0.4, -0.2) is 78.0 Å². The summed E-state index contributed by atoms with van der Waals surface area (Å²) in [4.78, 5) is 23.5. The zero-order chi connectivity index (χ0) is 27.8. The van der Waals surface area contributed by atoms with Crippen LogP contribution in [0.1, 0.15) is 117 Å². The van der Waals surface area contributed by atoms with Gasteiger partial charge >= 0.3 is 11.9 Å². The van der Waals surface area contributed by atoms with Crippen molar-refractivity contribution in [3.8, 4) is 0 Å². The van der Waals surface area contributed by atoms with E-state index >= 15 is 0 Å². The van der Waals surface area contributed by atoms with Gasteiger partial charge in [0, 0.05) is 26.1 Å². The van der Waals surface area contributed by atoms with E-state index in [9.17, 15) is 9.59 Å². The molecule has 38 heavy (non-hydrogen) atoms. The van der Waals surface area contributed by atoms with Gasteiger partial charge in [0.25, 0.3) is 0 Å². The minimum atomic E-state index is -0.164. The van der Waals surface area contributed by atoms with Gasteiger partial charge < -0.3 is 28.4 Å². The Kier molecular flexibility index (Phi) is 31.0. The molecule has 0 unspecified atom stereocenters. The molecule has 0 aliphatic carbocycles. The molecule has 0 saturated carbocycles. The van der Waals surface area contributed by atoms with Gasteiger partial charge in [0.15, 0.2) is 0 Å². The molecule has 8 heteroatoms. The van der Waals surface area contributed by atoms with E-state index in [1.54, 1.807) is 0 Å². The second kappa shape index (κ2) is 32.0. The zero-order valence-corrected chi connectivity index (χ0v) is 24.7. The number of hydrogen-bond donors (Lipinski definition) is 0. The monoisotopic (exact) mass is 546 g/mol. The van der Waals surface area contributed by atoms with Crippen LogP contribution in [0.15, 0.2) is 0 Å². The van der Waals surface area contributed by atoms with Gasteiger partial charge in [-0.05, 0) is 25.7 Å². The molecule has 0 amide bonds. The Morgan fingerprint density at radius 3 is 1.08 bits per heavy atom. The van der Waals surface area contributed by atoms with E-state index in [0.29, 0.717) is 65.7 Å². The highest BCUT2D eigenvalue weighted by Gasteiger charge is 2.04. The maximum Gasteiger partial charge on any atom is 0.305 e. The molecule has 226 valence electrons. The second-order valence-electron chi connectivity index (χ2n) is 9.63. The topological polar surface area (TPSA) is 89.5 Å². The maximum atomic E-state index is 11.8. The predicted molar refractivity (Wildman–Crippen MR) is 150 cm³/mol. The van der Waals surface area contributed by atoms with Gasteiger partial charge in [-0.3, -0.25) is 9.59 Å². The molecule has 0 atom stereocenters. The van der Waals surface area contributed by atoms with E-state index in [2.05, 4.69) is 13.8 Å². The number of unbranched alkanes of at least 4 members (excludes halogenated alkanes) is 11. The first-order valence-corrected chi connectivity index (χ1v) is 15.3. The van der Waals surface area contributed by atoms with Crippen LogP contribution < -0.4 is 0 Å². The highest BCUT2D eigenvalue weighted by Crippen LogP contribution is 2.09. The summed E-state index contributed by atoms with van der Waals surface area (Å²) in [6, 6.07) is 0. The maximum absolute atomic E-state index is 11.8. The van der Waals surface area contributed by atoms with Gasteiger partial charge in [-0.2, -0.15) is 0 Å². The van der Waals surface area contributed by atoms with Gasteiger partial charge in [0.2, 0.25) is 0 Å². The summed E-state index contributed by atoms with van der Waals surface area (Å²) in [5, 5.41) is 0. The molecule has 0 saturated heterocycles. The number of ether oxygens (including phenoxy) is 6. The average molecular weight is 547 g/mol. The molecule has 0 aromatic carbocycles. The third-order valence-corrected chi connectivity index (χ3v) is 6.02. The molecular weight excluding hydrogens is 488 g/mol. The fourth-order valence-electron chi connectivity index (χ4n) is 3.72. The summed E-state index contributed by atoms with van der Waals surface area (Å²) >= 11 is 0. The van der Waals surface area contributed by atoms with E-state index in [-0.39, 0.29) is 11.9 Å². The Morgan fingerprint density at radius 2 is 0.684 bits per heavy atom. The molecule has 0 aromatic rings. The molecule has 0 fully saturated rings. The van der Waals surface area contributed by atoms with Gasteiger partial charge in [-0.1, -0.05) is 78.1 Å². The van der Waals surface area contributed by atoms with Gasteiger partial charge in [-0.25, -0.2) is 0 Å². The number of carbonyl (C=O) groups is 2. The van der Waals surface area contributed by atoms with Crippen LogP contribution in [0.4, 0.5) is 0 Å². The Morgan fingerprint density at radius 1 is 0.368 bits per heavy atom. The standard InChI is InChI=1S/C30H58O8/c1-3-5-7-15-19-33-21-23-35-25-27-37-29(31)17-13-11-9-10-12-14-18-30(32)38-28-26-36-24-22-34-20-16-8-6-4-2/h3-28H2,1-2H3. The lowest BCUT2D eigenvalue weighted by atomic mass is 10.1. The largest absolute Gasteiger partial charge is 0.463 e. The van der Waals surface area contributed by atoms with E-state index in [4.69, 9.17) is 28.4 Å². The predicted octanol–water partition coefficient (Wildman–Crippen LogP) is 6.42. The SMILES string of the molecule is CCCCCCOCCOCCOC(=O)CCCCCCCCC(=O)OCCOCCOCCCCCC. The normalized spacial score (nSPS) is 11.1. The number of esters is 2. The van der Waals surface area contributed by atoms with Gasteiger partial charge in [0.1, 0.15) is 13.2 Å². The molecule has 0 N–H and O–H groups in total. The second-order valence-corrected chi connectivity index (χ2v) is 9.63. The third kappa shape index (κ3) is 31.0. The van der Waals surface area contributed by atoms with Crippen molar-refractivity contribution in [2.75, 3.05) is 66.1 Å². The van der Waals surface area contributed by atoms with Crippen LogP contribution in [0.2, 0.25) is 0 Å². The first-order valence-electron chi connectivity index (χ1n) is 15.3. The lowest BCUT2D eigenvalue weighted by Crippen LogP contribution is -2.13. The summed E-state index contributed by atoms with van der Waals surface area (Å²) in [5.41, 5.74) is 0. The summed E-state index contributed by atoms with van der Waals surface area (Å²) < 4.78 is 32.2. The lowest BCUT2D eigenvalue weighted by molar-refractivity contribution is -0.146. The van der Waals surface area contributed by atoms with Crippen molar-refractivity contribution in [2.24, 2.45) is 0 Å². The van der Waals surface area contributed by atoms with Crippen molar-refractivity contribution in [3.05, 3.63) is 0 Å². The molecule has 0 aliphatic rings. The van der Waals surface area contributed by atoms with E-state index in [0.717, 1.165) is 64.6 Å². The fraction of sp³-hybridized carbons (Fsp3) is 0.933. The quantitative estimate of drug-likeness (QED) is 0.0727. The summed E-state index contributed by atoms with van der Waals surface area (Å²) in [6.07, 6.45) is 16.3. The molecule has 8 nitrogen and oxygen atoms in total. The van der Waals surface area contributed by atoms with Crippen LogP contribution in [0.25, 0.3) is 0 Å². The molecule has 0 aromatic heterocycles. The fourth-order valence-corrected chi connectivity index (χ4v) is 3.72. The Hall–Kier alpha value is -1.22. The van der Waals surface area contributed by atoms with Crippen molar-refractivity contribution in [1.82, 2.24) is 0 Å². The van der Waals surface area contributed by atoms with Crippen molar-refractivity contribution in [2.45, 2.75) is 117 Å². The summed E-state index contributed by atoms with van der Waals surface area (Å²) in [6.45, 7) is 9.63. The molecule has 0 aliphatic heterocycles. The highest BCUT2D eigenvalue weighted by molar-refractivity contribution is 5.69. The Bertz CT molecular complexity index is 457. The molecule has 0 heterocycles. The smallest absolute Gasteiger partial charge is 0.305 e. The number of rotatable bonds is 31. The van der Waals surface area contributed by atoms with Crippen LogP contribution >= 0.6 is 0 Å². The third-order valence-electron chi connectivity index (χ3n) is 6.02. The molecule has 0 radical (unpaired) electrons. The zero-order valence-electron chi connectivity index (χ0n) is 24.7. The van der Waals surface area contributed by atoms with Gasteiger partial charge in [0.05, 0.1) is 39.6 Å².